The Morgan fingerprint density at radius 2 is 0.541 bits per heavy atom. The van der Waals surface area contributed by atoms with E-state index >= 15 is 0 Å². The smallest absolute Gasteiger partial charge is 0.399 e. The Hall–Kier alpha value is -4.61. The van der Waals surface area contributed by atoms with Crippen molar-refractivity contribution in [2.24, 2.45) is 0 Å². The summed E-state index contributed by atoms with van der Waals surface area (Å²) in [6.07, 6.45) is 35.5. The zero-order valence-corrected chi connectivity index (χ0v) is 65.0. The number of thiophene rings is 4. The van der Waals surface area contributed by atoms with Crippen LogP contribution in [0.15, 0.2) is 121 Å². The highest BCUT2D eigenvalue weighted by molar-refractivity contribution is 7.35. The fourth-order valence-electron chi connectivity index (χ4n) is 16.5. The zero-order chi connectivity index (χ0) is 68.5. The summed E-state index contributed by atoms with van der Waals surface area (Å²) in [5.41, 5.74) is 16.3. The molecule has 0 unspecified atom stereocenters. The van der Waals surface area contributed by atoms with Crippen LogP contribution in [-0.2, 0) is 55.1 Å². The number of hydrogen-bond donors (Lipinski definition) is 0. The summed E-state index contributed by atoms with van der Waals surface area (Å²) in [5, 5.41) is 0. The molecule has 2 aliphatic carbocycles. The normalized spacial score (nSPS) is 17.4. The van der Waals surface area contributed by atoms with Crippen LogP contribution in [0.25, 0.3) is 39.7 Å². The number of hydrogen-bond acceptors (Lipinski definition) is 8. The summed E-state index contributed by atoms with van der Waals surface area (Å²) in [6, 6.07) is 50.7. The third kappa shape index (κ3) is 13.7. The Balaban J connectivity index is 1.04. The summed E-state index contributed by atoms with van der Waals surface area (Å²) >= 11 is 7.80. The molecular weight excluding hydrogens is 1270 g/mol. The standard InChI is InChI=1S/C88H112B2O4S4/c1-13-17-21-25-29-33-37-61-41-49-65(50-42-61)87(66-51-43-62(44-52-66)38-34-30-26-22-18-14-2)71-57-70-72(58-69(71)79-77(87)81-73(95-79)59-75(97-81)89-91-83(5,6)84(7,8)92-89)88(67-53-45-63(46-54-67)39-35-31-27-23-19-15-3,68-55-47-64(48-56-68)40-36-32-28-24-20-16-4)78-80(70)96-74-60-76(98-82(74)78)90-93-85(9,10)86(11,12)94-90/h41-60H,13-40H2,1-12H3. The van der Waals surface area contributed by atoms with Gasteiger partial charge in [0, 0.05) is 39.8 Å². The third-order valence-corrected chi connectivity index (χ3v) is 28.7. The van der Waals surface area contributed by atoms with Crippen LogP contribution in [0, 0.1) is 0 Å². The minimum atomic E-state index is -0.645. The van der Waals surface area contributed by atoms with Gasteiger partial charge >= 0.3 is 14.2 Å². The molecule has 2 saturated heterocycles. The SMILES string of the molecule is CCCCCCCCc1ccc(C2(c3ccc(CCCCCCCC)cc3)c3cc4c(cc3-c3sc5cc(B6OC(C)(C)C(C)(C)O6)sc5c32)C(c2ccc(CCCCCCCC)cc2)(c2ccc(CCCCCCCC)cc2)c2c-4sc3cc(B4OC(C)(C)C(C)(C)O4)sc23)cc1. The molecule has 4 aromatic heterocycles. The first-order chi connectivity index (χ1) is 47.4. The van der Waals surface area contributed by atoms with Gasteiger partial charge in [0.05, 0.1) is 42.6 Å². The topological polar surface area (TPSA) is 36.9 Å². The minimum Gasteiger partial charge on any atom is -0.399 e. The van der Waals surface area contributed by atoms with Crippen LogP contribution in [0.3, 0.4) is 0 Å². The molecule has 0 saturated carbocycles. The molecule has 9 aromatic rings. The molecule has 0 spiro atoms. The van der Waals surface area contributed by atoms with Gasteiger partial charge in [-0.05, 0) is 198 Å². The van der Waals surface area contributed by atoms with Gasteiger partial charge in [-0.2, -0.15) is 0 Å². The van der Waals surface area contributed by atoms with Crippen LogP contribution < -0.4 is 9.55 Å². The molecule has 0 N–H and O–H groups in total. The molecule has 10 heteroatoms. The van der Waals surface area contributed by atoms with Gasteiger partial charge in [0.2, 0.25) is 0 Å². The minimum absolute atomic E-state index is 0.448. The maximum absolute atomic E-state index is 6.93. The van der Waals surface area contributed by atoms with Crippen molar-refractivity contribution in [3.8, 4) is 20.9 Å². The predicted molar refractivity (Wildman–Crippen MR) is 427 cm³/mol. The Morgan fingerprint density at radius 1 is 0.296 bits per heavy atom. The second kappa shape index (κ2) is 30.4. The molecule has 0 atom stereocenters. The molecule has 5 aromatic carbocycles. The Bertz CT molecular complexity index is 3720. The lowest BCUT2D eigenvalue weighted by Gasteiger charge is -2.36. The van der Waals surface area contributed by atoms with Crippen LogP contribution >= 0.6 is 45.3 Å². The van der Waals surface area contributed by atoms with Crippen molar-refractivity contribution in [3.05, 3.63) is 188 Å². The molecule has 98 heavy (non-hydrogen) atoms. The first kappa shape index (κ1) is 71.8. The Morgan fingerprint density at radius 3 is 0.796 bits per heavy atom. The molecule has 0 bridgehead atoms. The van der Waals surface area contributed by atoms with Crippen LogP contribution in [0.5, 0.6) is 0 Å². The van der Waals surface area contributed by atoms with Crippen LogP contribution in [-0.4, -0.2) is 36.6 Å². The maximum atomic E-state index is 6.93. The van der Waals surface area contributed by atoms with Gasteiger partial charge in [-0.25, -0.2) is 0 Å². The van der Waals surface area contributed by atoms with Gasteiger partial charge in [0.25, 0.3) is 0 Å². The second-order valence-electron chi connectivity index (χ2n) is 31.8. The fourth-order valence-corrected chi connectivity index (χ4v) is 22.0. The molecule has 4 nitrogen and oxygen atoms in total. The summed E-state index contributed by atoms with van der Waals surface area (Å²) in [6.45, 7) is 26.8. The predicted octanol–water partition coefficient (Wildman–Crippen LogP) is 25.2. The Labute approximate surface area is 607 Å². The average Bonchev–Trinajstić information content (AvgIpc) is 1.49. The quantitative estimate of drug-likeness (QED) is 0.0298. The molecular formula is C88H112B2O4S4. The lowest BCUT2D eigenvalue weighted by molar-refractivity contribution is 0.00578. The van der Waals surface area contributed by atoms with E-state index in [1.807, 2.05) is 45.3 Å². The monoisotopic (exact) mass is 1380 g/mol. The Kier molecular flexibility index (Phi) is 22.2. The van der Waals surface area contributed by atoms with Crippen molar-refractivity contribution in [2.75, 3.05) is 0 Å². The molecule has 0 radical (unpaired) electrons. The summed E-state index contributed by atoms with van der Waals surface area (Å²) < 4.78 is 35.3. The van der Waals surface area contributed by atoms with Gasteiger partial charge in [-0.15, -0.1) is 45.3 Å². The lowest BCUT2D eigenvalue weighted by atomic mass is 9.65. The average molecular weight is 1380 g/mol. The number of benzene rings is 5. The van der Waals surface area contributed by atoms with E-state index in [1.54, 1.807) is 0 Å². The molecule has 518 valence electrons. The van der Waals surface area contributed by atoms with E-state index in [1.165, 1.54) is 261 Å². The highest BCUT2D eigenvalue weighted by atomic mass is 32.1. The van der Waals surface area contributed by atoms with Crippen molar-refractivity contribution in [1.82, 2.24) is 0 Å². The third-order valence-electron chi connectivity index (χ3n) is 23.8. The van der Waals surface area contributed by atoms with Crippen molar-refractivity contribution in [1.29, 1.82) is 0 Å². The number of fused-ring (bicyclic) bond motifs is 10. The van der Waals surface area contributed by atoms with Gasteiger partial charge in [-0.1, -0.05) is 253 Å². The van der Waals surface area contributed by atoms with Crippen molar-refractivity contribution in [2.45, 2.75) is 296 Å². The van der Waals surface area contributed by atoms with E-state index in [9.17, 15) is 0 Å². The van der Waals surface area contributed by atoms with Crippen LogP contribution in [0.2, 0.25) is 0 Å². The number of rotatable bonds is 34. The van der Waals surface area contributed by atoms with E-state index in [-0.39, 0.29) is 0 Å². The second-order valence-corrected chi connectivity index (χ2v) is 36.0. The van der Waals surface area contributed by atoms with Gasteiger partial charge in [-0.3, -0.25) is 0 Å². The van der Waals surface area contributed by atoms with E-state index in [0.29, 0.717) is 0 Å². The van der Waals surface area contributed by atoms with E-state index in [0.717, 1.165) is 35.2 Å². The highest BCUT2D eigenvalue weighted by Crippen LogP contribution is 2.68. The fraction of sp³-hybridized carbons (Fsp3) is 0.523. The first-order valence-electron chi connectivity index (χ1n) is 38.8. The van der Waals surface area contributed by atoms with E-state index in [2.05, 4.69) is 204 Å². The van der Waals surface area contributed by atoms with Crippen molar-refractivity contribution in [3.63, 3.8) is 0 Å². The first-order valence-corrected chi connectivity index (χ1v) is 42.1. The summed E-state index contributed by atoms with van der Waals surface area (Å²) in [7, 11) is -0.896. The van der Waals surface area contributed by atoms with E-state index in [4.69, 9.17) is 18.6 Å². The maximum Gasteiger partial charge on any atom is 0.505 e. The summed E-state index contributed by atoms with van der Waals surface area (Å²) in [4.78, 5) is 2.77. The van der Waals surface area contributed by atoms with Gasteiger partial charge in [0.1, 0.15) is 0 Å². The molecule has 0 amide bonds. The largest absolute Gasteiger partial charge is 0.505 e. The van der Waals surface area contributed by atoms with Gasteiger partial charge < -0.3 is 18.6 Å². The van der Waals surface area contributed by atoms with Crippen LogP contribution in [0.1, 0.15) is 304 Å². The highest BCUT2D eigenvalue weighted by Gasteiger charge is 2.57. The van der Waals surface area contributed by atoms with Gasteiger partial charge in [0.15, 0.2) is 0 Å². The molecule has 13 rings (SSSR count). The molecule has 2 fully saturated rings. The number of aryl methyl sites for hydroxylation is 4. The zero-order valence-electron chi connectivity index (χ0n) is 61.8. The van der Waals surface area contributed by atoms with E-state index < -0.39 is 47.5 Å². The van der Waals surface area contributed by atoms with Crippen LogP contribution in [0.4, 0.5) is 0 Å². The lowest BCUT2D eigenvalue weighted by Crippen LogP contribution is -2.41. The van der Waals surface area contributed by atoms with Crippen molar-refractivity contribution >= 4 is 87.9 Å². The van der Waals surface area contributed by atoms with Crippen molar-refractivity contribution < 1.29 is 18.6 Å². The number of unbranched alkanes of at least 4 members (excludes halogenated alkanes) is 20. The molecule has 2 aliphatic heterocycles. The molecule has 6 heterocycles. The summed E-state index contributed by atoms with van der Waals surface area (Å²) in [5.74, 6) is 0. The molecule has 4 aliphatic rings.